The van der Waals surface area contributed by atoms with Gasteiger partial charge in [0.25, 0.3) is 0 Å². The van der Waals surface area contributed by atoms with E-state index in [0.29, 0.717) is 0 Å². The van der Waals surface area contributed by atoms with Gasteiger partial charge in [0.2, 0.25) is 0 Å². The first kappa shape index (κ1) is 18.5. The van der Waals surface area contributed by atoms with Crippen molar-refractivity contribution in [1.82, 2.24) is 0 Å². The normalized spacial score (nSPS) is 31.0. The van der Waals surface area contributed by atoms with Crippen molar-refractivity contribution in [2.75, 3.05) is 0 Å². The molecule has 0 N–H and O–H groups in total. The average molecular weight is 319 g/mol. The van der Waals surface area contributed by atoms with Crippen LogP contribution in [0.3, 0.4) is 0 Å². The van der Waals surface area contributed by atoms with Gasteiger partial charge in [0.15, 0.2) is 0 Å². The minimum Gasteiger partial charge on any atom is -0.240 e. The molecule has 0 bridgehead atoms. The zero-order valence-electron chi connectivity index (χ0n) is 15.8. The van der Waals surface area contributed by atoms with E-state index in [1.165, 1.54) is 56.1 Å². The second-order valence-corrected chi connectivity index (χ2v) is 8.46. The number of alkyl halides is 1. The zero-order valence-corrected chi connectivity index (χ0v) is 15.8. The maximum atomic E-state index is 13.8. The smallest absolute Gasteiger partial charge is 0.126 e. The summed E-state index contributed by atoms with van der Waals surface area (Å²) in [6.07, 6.45) is 16.0. The summed E-state index contributed by atoms with van der Waals surface area (Å²) in [7, 11) is 0. The monoisotopic (exact) mass is 318 g/mol. The van der Waals surface area contributed by atoms with Gasteiger partial charge >= 0.3 is 0 Å². The van der Waals surface area contributed by atoms with Gasteiger partial charge in [0.05, 0.1) is 0 Å². The summed E-state index contributed by atoms with van der Waals surface area (Å²) in [5.74, 6) is 2.81. The minimum atomic E-state index is -1.22. The van der Waals surface area contributed by atoms with Crippen LogP contribution in [0.5, 0.6) is 0 Å². The molecule has 1 unspecified atom stereocenters. The number of hydrogen-bond donors (Lipinski definition) is 0. The Morgan fingerprint density at radius 3 is 2.22 bits per heavy atom. The molecule has 2 aliphatic carbocycles. The molecule has 0 aliphatic heterocycles. The third-order valence-corrected chi connectivity index (χ3v) is 6.21. The van der Waals surface area contributed by atoms with Crippen molar-refractivity contribution in [2.45, 2.75) is 85.2 Å². The van der Waals surface area contributed by atoms with Crippen LogP contribution < -0.4 is 0 Å². The van der Waals surface area contributed by atoms with Crippen LogP contribution >= 0.6 is 0 Å². The summed E-state index contributed by atoms with van der Waals surface area (Å²) in [4.78, 5) is 0. The maximum Gasteiger partial charge on any atom is 0.126 e. The quantitative estimate of drug-likeness (QED) is 0.481. The molecule has 0 aromatic rings. The Bertz CT molecular complexity index is 479. The van der Waals surface area contributed by atoms with Crippen LogP contribution in [0.2, 0.25) is 0 Å². The van der Waals surface area contributed by atoms with Crippen molar-refractivity contribution in [3.63, 3.8) is 0 Å². The van der Waals surface area contributed by atoms with Crippen LogP contribution in [0.25, 0.3) is 0 Å². The summed E-state index contributed by atoms with van der Waals surface area (Å²) in [5, 5.41) is 0. The van der Waals surface area contributed by atoms with Gasteiger partial charge in [-0.2, -0.15) is 0 Å². The first-order chi connectivity index (χ1) is 10.8. The van der Waals surface area contributed by atoms with E-state index < -0.39 is 5.67 Å². The molecule has 0 heterocycles. The highest BCUT2D eigenvalue weighted by atomic mass is 19.1. The molecular weight excluding hydrogens is 283 g/mol. The lowest BCUT2D eigenvalue weighted by molar-refractivity contribution is 0.200. The van der Waals surface area contributed by atoms with Crippen molar-refractivity contribution in [2.24, 2.45) is 17.8 Å². The molecule has 1 saturated carbocycles. The van der Waals surface area contributed by atoms with Crippen LogP contribution in [0, 0.1) is 17.8 Å². The lowest BCUT2D eigenvalue weighted by atomic mass is 9.71. The van der Waals surface area contributed by atoms with Crippen molar-refractivity contribution in [1.29, 1.82) is 0 Å². The number of hydrogen-bond acceptors (Lipinski definition) is 0. The molecule has 0 aromatic heterocycles. The van der Waals surface area contributed by atoms with Crippen LogP contribution in [0.1, 0.15) is 79.6 Å². The molecule has 130 valence electrons. The average Bonchev–Trinajstić information content (AvgIpc) is 2.52. The van der Waals surface area contributed by atoms with Crippen molar-refractivity contribution in [3.05, 3.63) is 34.9 Å². The zero-order chi connectivity index (χ0) is 17.0. The molecule has 0 aromatic carbocycles. The van der Waals surface area contributed by atoms with E-state index in [0.717, 1.165) is 23.3 Å². The van der Waals surface area contributed by atoms with Crippen LogP contribution in [-0.4, -0.2) is 5.67 Å². The highest BCUT2D eigenvalue weighted by Crippen LogP contribution is 2.40. The molecule has 0 nitrogen and oxygen atoms in total. The Morgan fingerprint density at radius 1 is 1.04 bits per heavy atom. The fraction of sp³-hybridized carbons (Fsp3) is 0.727. The number of halogens is 1. The fourth-order valence-electron chi connectivity index (χ4n) is 3.95. The van der Waals surface area contributed by atoms with Gasteiger partial charge < -0.3 is 0 Å². The van der Waals surface area contributed by atoms with Crippen molar-refractivity contribution in [3.8, 4) is 0 Å². The predicted octanol–water partition coefficient (Wildman–Crippen LogP) is 7.18. The highest BCUT2D eigenvalue weighted by molar-refractivity contribution is 5.34. The molecular formula is C22H35F. The molecule has 1 heteroatoms. The minimum absolute atomic E-state index is 0.794. The lowest BCUT2D eigenvalue weighted by Gasteiger charge is -2.34. The summed E-state index contributed by atoms with van der Waals surface area (Å²) in [5.41, 5.74) is 2.36. The lowest BCUT2D eigenvalue weighted by Crippen LogP contribution is -2.22. The SMILES string of the molecule is C/C(=C\C=C(/C)C(C)(C)F)C1=CCC(C2CCC(C)CC2)CC1. The largest absolute Gasteiger partial charge is 0.240 e. The Kier molecular flexibility index (Phi) is 6.28. The van der Waals surface area contributed by atoms with Gasteiger partial charge in [0, 0.05) is 0 Å². The standard InChI is InChI=1S/C22H35F/c1-16-6-10-20(11-7-16)21-14-12-19(13-15-21)17(2)8-9-18(3)22(4,5)23/h8-9,12,16,20-21H,6-7,10-11,13-15H2,1-5H3/b17-8+,18-9+. The van der Waals surface area contributed by atoms with Gasteiger partial charge in [-0.05, 0) is 94.3 Å². The Balaban J connectivity index is 1.93. The van der Waals surface area contributed by atoms with Crippen LogP contribution in [0.4, 0.5) is 4.39 Å². The number of allylic oxidation sites excluding steroid dienone is 6. The maximum absolute atomic E-state index is 13.8. The number of rotatable bonds is 4. The summed E-state index contributed by atoms with van der Waals surface area (Å²) >= 11 is 0. The highest BCUT2D eigenvalue weighted by Gasteiger charge is 2.27. The van der Waals surface area contributed by atoms with E-state index in [1.807, 2.05) is 13.0 Å². The molecule has 0 saturated heterocycles. The van der Waals surface area contributed by atoms with Gasteiger partial charge in [0.1, 0.15) is 5.67 Å². The van der Waals surface area contributed by atoms with Gasteiger partial charge in [-0.15, -0.1) is 0 Å². The first-order valence-corrected chi connectivity index (χ1v) is 9.51. The summed E-state index contributed by atoms with van der Waals surface area (Å²) in [6, 6.07) is 0. The molecule has 1 fully saturated rings. The van der Waals surface area contributed by atoms with Crippen LogP contribution in [-0.2, 0) is 0 Å². The predicted molar refractivity (Wildman–Crippen MR) is 99.2 cm³/mol. The third kappa shape index (κ3) is 5.33. The third-order valence-electron chi connectivity index (χ3n) is 6.21. The second kappa shape index (κ2) is 7.81. The molecule has 1 atom stereocenters. The van der Waals surface area contributed by atoms with Gasteiger partial charge in [-0.3, -0.25) is 0 Å². The van der Waals surface area contributed by atoms with Crippen molar-refractivity contribution < 1.29 is 4.39 Å². The topological polar surface area (TPSA) is 0 Å². The van der Waals surface area contributed by atoms with E-state index in [2.05, 4.69) is 26.0 Å². The fourth-order valence-corrected chi connectivity index (χ4v) is 3.95. The summed E-state index contributed by atoms with van der Waals surface area (Å²) in [6.45, 7) is 9.69. The molecule has 2 aliphatic rings. The molecule has 0 radical (unpaired) electrons. The molecule has 0 amide bonds. The van der Waals surface area contributed by atoms with E-state index in [-0.39, 0.29) is 0 Å². The van der Waals surface area contributed by atoms with Crippen molar-refractivity contribution >= 4 is 0 Å². The van der Waals surface area contributed by atoms with Gasteiger partial charge in [-0.1, -0.05) is 38.0 Å². The van der Waals surface area contributed by atoms with E-state index >= 15 is 0 Å². The van der Waals surface area contributed by atoms with Gasteiger partial charge in [-0.25, -0.2) is 4.39 Å². The molecule has 2 rings (SSSR count). The van der Waals surface area contributed by atoms with E-state index in [9.17, 15) is 4.39 Å². The van der Waals surface area contributed by atoms with E-state index in [1.54, 1.807) is 13.8 Å². The Morgan fingerprint density at radius 2 is 1.70 bits per heavy atom. The second-order valence-electron chi connectivity index (χ2n) is 8.46. The Labute approximate surface area is 142 Å². The Hall–Kier alpha value is -0.850. The molecule has 0 spiro atoms. The van der Waals surface area contributed by atoms with Crippen LogP contribution in [0.15, 0.2) is 34.9 Å². The first-order valence-electron chi connectivity index (χ1n) is 9.51. The summed E-state index contributed by atoms with van der Waals surface area (Å²) < 4.78 is 13.8. The van der Waals surface area contributed by atoms with E-state index in [4.69, 9.17) is 0 Å². The molecule has 23 heavy (non-hydrogen) atoms.